The molecular formula is C8H16N2O2S. The van der Waals surface area contributed by atoms with Gasteiger partial charge in [0, 0.05) is 12.6 Å². The molecule has 1 saturated carbocycles. The summed E-state index contributed by atoms with van der Waals surface area (Å²) >= 11 is 0. The van der Waals surface area contributed by atoms with E-state index in [9.17, 15) is 8.42 Å². The molecule has 2 aliphatic rings. The standard InChI is InChI=1S/C8H16N2O2S/c9-13(11,12)10-6-2-5-8(10)7-3-1-4-7/h7-8H,1-6H2,(H2,9,11,12). The van der Waals surface area contributed by atoms with Crippen LogP contribution in [-0.4, -0.2) is 25.3 Å². The molecule has 0 aromatic carbocycles. The minimum Gasteiger partial charge on any atom is -0.216 e. The first kappa shape index (κ1) is 9.43. The Morgan fingerprint density at radius 3 is 2.31 bits per heavy atom. The molecule has 5 heteroatoms. The van der Waals surface area contributed by atoms with Crippen molar-refractivity contribution in [3.05, 3.63) is 0 Å². The maximum absolute atomic E-state index is 11.2. The average Bonchev–Trinajstić information content (AvgIpc) is 2.29. The highest BCUT2D eigenvalue weighted by molar-refractivity contribution is 7.86. The van der Waals surface area contributed by atoms with Gasteiger partial charge in [-0.05, 0) is 31.6 Å². The van der Waals surface area contributed by atoms with Crippen LogP contribution in [0, 0.1) is 5.92 Å². The number of hydrogen-bond acceptors (Lipinski definition) is 2. The number of nitrogens with zero attached hydrogens (tertiary/aromatic N) is 1. The van der Waals surface area contributed by atoms with Crippen molar-refractivity contribution >= 4 is 10.2 Å². The SMILES string of the molecule is NS(=O)(=O)N1CCCC1C1CCC1. The van der Waals surface area contributed by atoms with E-state index in [4.69, 9.17) is 5.14 Å². The Labute approximate surface area is 79.3 Å². The van der Waals surface area contributed by atoms with Crippen LogP contribution in [-0.2, 0) is 10.2 Å². The van der Waals surface area contributed by atoms with Crippen molar-refractivity contribution in [2.45, 2.75) is 38.1 Å². The maximum atomic E-state index is 11.2. The average molecular weight is 204 g/mol. The molecule has 0 aromatic heterocycles. The monoisotopic (exact) mass is 204 g/mol. The van der Waals surface area contributed by atoms with E-state index < -0.39 is 10.2 Å². The van der Waals surface area contributed by atoms with Gasteiger partial charge in [-0.3, -0.25) is 0 Å². The van der Waals surface area contributed by atoms with Crippen LogP contribution < -0.4 is 5.14 Å². The minimum absolute atomic E-state index is 0.212. The van der Waals surface area contributed by atoms with Gasteiger partial charge < -0.3 is 0 Å². The summed E-state index contributed by atoms with van der Waals surface area (Å²) in [7, 11) is -3.44. The molecule has 1 unspecified atom stereocenters. The number of rotatable bonds is 2. The van der Waals surface area contributed by atoms with Crippen LogP contribution in [0.25, 0.3) is 0 Å². The quantitative estimate of drug-likeness (QED) is 0.710. The highest BCUT2D eigenvalue weighted by Gasteiger charge is 2.39. The smallest absolute Gasteiger partial charge is 0.216 e. The summed E-state index contributed by atoms with van der Waals surface area (Å²) in [6, 6.07) is 0.212. The third kappa shape index (κ3) is 1.73. The Bertz CT molecular complexity index is 285. The second-order valence-electron chi connectivity index (χ2n) is 4.06. The van der Waals surface area contributed by atoms with E-state index in [1.807, 2.05) is 0 Å². The van der Waals surface area contributed by atoms with Crippen LogP contribution in [0.4, 0.5) is 0 Å². The second-order valence-corrected chi connectivity index (χ2v) is 5.56. The van der Waals surface area contributed by atoms with Gasteiger partial charge in [-0.15, -0.1) is 0 Å². The van der Waals surface area contributed by atoms with Gasteiger partial charge in [-0.25, -0.2) is 5.14 Å². The normalized spacial score (nSPS) is 31.9. The van der Waals surface area contributed by atoms with Gasteiger partial charge >= 0.3 is 0 Å². The lowest BCUT2D eigenvalue weighted by atomic mass is 9.79. The van der Waals surface area contributed by atoms with Crippen LogP contribution in [0.2, 0.25) is 0 Å². The first-order valence-electron chi connectivity index (χ1n) is 4.88. The van der Waals surface area contributed by atoms with Crippen LogP contribution in [0.5, 0.6) is 0 Å². The molecule has 1 atom stereocenters. The van der Waals surface area contributed by atoms with Crippen LogP contribution in [0.1, 0.15) is 32.1 Å². The molecule has 13 heavy (non-hydrogen) atoms. The predicted molar refractivity (Wildman–Crippen MR) is 50.2 cm³/mol. The summed E-state index contributed by atoms with van der Waals surface area (Å²) in [5.41, 5.74) is 0. The van der Waals surface area contributed by atoms with E-state index in [0.717, 1.165) is 12.8 Å². The third-order valence-corrected chi connectivity index (χ3v) is 4.38. The summed E-state index contributed by atoms with van der Waals surface area (Å²) < 4.78 is 23.9. The Hall–Kier alpha value is -0.130. The first-order valence-corrected chi connectivity index (χ1v) is 6.39. The highest BCUT2D eigenvalue weighted by atomic mass is 32.2. The zero-order valence-electron chi connectivity index (χ0n) is 7.65. The zero-order valence-corrected chi connectivity index (χ0v) is 8.46. The highest BCUT2D eigenvalue weighted by Crippen LogP contribution is 2.37. The molecule has 76 valence electrons. The Morgan fingerprint density at radius 1 is 1.15 bits per heavy atom. The van der Waals surface area contributed by atoms with Crippen molar-refractivity contribution in [3.8, 4) is 0 Å². The summed E-state index contributed by atoms with van der Waals surface area (Å²) in [6.07, 6.45) is 5.58. The Morgan fingerprint density at radius 2 is 1.85 bits per heavy atom. The van der Waals surface area contributed by atoms with E-state index in [1.165, 1.54) is 23.6 Å². The molecule has 2 rings (SSSR count). The molecular weight excluding hydrogens is 188 g/mol. The Kier molecular flexibility index (Phi) is 2.33. The predicted octanol–water partition coefficient (Wildman–Crippen LogP) is 0.454. The summed E-state index contributed by atoms with van der Waals surface area (Å²) in [5, 5.41) is 5.15. The molecule has 0 aromatic rings. The Balaban J connectivity index is 2.09. The molecule has 0 bridgehead atoms. The molecule has 2 N–H and O–H groups in total. The summed E-state index contributed by atoms with van der Waals surface area (Å²) in [6.45, 7) is 0.625. The maximum Gasteiger partial charge on any atom is 0.277 e. The minimum atomic E-state index is -3.44. The molecule has 0 spiro atoms. The van der Waals surface area contributed by atoms with Gasteiger partial charge in [0.25, 0.3) is 10.2 Å². The largest absolute Gasteiger partial charge is 0.277 e. The van der Waals surface area contributed by atoms with Gasteiger partial charge in [0.15, 0.2) is 0 Å². The van der Waals surface area contributed by atoms with Crippen LogP contribution in [0.3, 0.4) is 0 Å². The molecule has 1 saturated heterocycles. The van der Waals surface area contributed by atoms with Crippen LogP contribution >= 0.6 is 0 Å². The zero-order chi connectivity index (χ0) is 9.47. The fourth-order valence-electron chi connectivity index (χ4n) is 2.38. The van der Waals surface area contributed by atoms with Gasteiger partial charge in [0.2, 0.25) is 0 Å². The van der Waals surface area contributed by atoms with Crippen molar-refractivity contribution in [1.82, 2.24) is 4.31 Å². The van der Waals surface area contributed by atoms with Crippen molar-refractivity contribution in [3.63, 3.8) is 0 Å². The summed E-state index contributed by atoms with van der Waals surface area (Å²) in [5.74, 6) is 0.584. The first-order chi connectivity index (χ1) is 6.09. The molecule has 2 fully saturated rings. The van der Waals surface area contributed by atoms with E-state index in [1.54, 1.807) is 0 Å². The topological polar surface area (TPSA) is 63.4 Å². The lowest BCUT2D eigenvalue weighted by Gasteiger charge is -2.35. The van der Waals surface area contributed by atoms with Gasteiger partial charge in [0.1, 0.15) is 0 Å². The number of nitrogens with two attached hydrogens (primary N) is 1. The van der Waals surface area contributed by atoms with E-state index in [0.29, 0.717) is 12.5 Å². The lowest BCUT2D eigenvalue weighted by molar-refractivity contribution is 0.191. The van der Waals surface area contributed by atoms with E-state index in [2.05, 4.69) is 0 Å². The third-order valence-electron chi connectivity index (χ3n) is 3.27. The second kappa shape index (κ2) is 3.22. The van der Waals surface area contributed by atoms with Crippen molar-refractivity contribution < 1.29 is 8.42 Å². The van der Waals surface area contributed by atoms with Crippen LogP contribution in [0.15, 0.2) is 0 Å². The van der Waals surface area contributed by atoms with E-state index >= 15 is 0 Å². The van der Waals surface area contributed by atoms with E-state index in [-0.39, 0.29) is 6.04 Å². The molecule has 4 nitrogen and oxygen atoms in total. The van der Waals surface area contributed by atoms with Gasteiger partial charge in [0.05, 0.1) is 0 Å². The molecule has 1 heterocycles. The molecule has 0 amide bonds. The van der Waals surface area contributed by atoms with Gasteiger partial charge in [-0.1, -0.05) is 6.42 Å². The molecule has 1 aliphatic heterocycles. The van der Waals surface area contributed by atoms with Crippen molar-refractivity contribution in [1.29, 1.82) is 0 Å². The molecule has 0 radical (unpaired) electrons. The summed E-state index contributed by atoms with van der Waals surface area (Å²) in [4.78, 5) is 0. The lowest BCUT2D eigenvalue weighted by Crippen LogP contribution is -2.45. The van der Waals surface area contributed by atoms with Crippen molar-refractivity contribution in [2.75, 3.05) is 6.54 Å². The molecule has 1 aliphatic carbocycles. The van der Waals surface area contributed by atoms with Crippen molar-refractivity contribution in [2.24, 2.45) is 11.1 Å². The number of hydrogen-bond donors (Lipinski definition) is 1. The van der Waals surface area contributed by atoms with Gasteiger partial charge in [-0.2, -0.15) is 12.7 Å². The fourth-order valence-corrected chi connectivity index (χ4v) is 3.42. The fraction of sp³-hybridized carbons (Fsp3) is 1.00.